The zero-order valence-corrected chi connectivity index (χ0v) is 15.8. The second kappa shape index (κ2) is 12.9. The molecule has 1 aliphatic carbocycles. The van der Waals surface area contributed by atoms with Gasteiger partial charge in [-0.25, -0.2) is 0 Å². The van der Waals surface area contributed by atoms with Crippen molar-refractivity contribution in [2.75, 3.05) is 7.11 Å². The molecule has 0 aromatic heterocycles. The van der Waals surface area contributed by atoms with Crippen LogP contribution in [-0.4, -0.2) is 30.1 Å². The highest BCUT2D eigenvalue weighted by molar-refractivity contribution is 5.83. The highest BCUT2D eigenvalue weighted by Gasteiger charge is 2.31. The van der Waals surface area contributed by atoms with Gasteiger partial charge in [0, 0.05) is 18.8 Å². The minimum Gasteiger partial charge on any atom is -0.469 e. The molecule has 142 valence electrons. The molecular formula is C21H34O4. The van der Waals surface area contributed by atoms with Gasteiger partial charge in [0.15, 0.2) is 0 Å². The van der Waals surface area contributed by atoms with Gasteiger partial charge in [0.05, 0.1) is 13.2 Å². The number of methoxy groups -OCH3 is 1. The molecule has 1 fully saturated rings. The summed E-state index contributed by atoms with van der Waals surface area (Å²) in [5, 5.41) is 10.0. The van der Waals surface area contributed by atoms with Crippen molar-refractivity contribution >= 4 is 11.8 Å². The summed E-state index contributed by atoms with van der Waals surface area (Å²) in [5.41, 5.74) is 0. The Balaban J connectivity index is 2.35. The first-order valence-electron chi connectivity index (χ1n) is 9.69. The van der Waals surface area contributed by atoms with E-state index in [0.717, 1.165) is 51.4 Å². The summed E-state index contributed by atoms with van der Waals surface area (Å²) in [4.78, 5) is 23.1. The number of esters is 1. The highest BCUT2D eigenvalue weighted by Crippen LogP contribution is 2.33. The highest BCUT2D eigenvalue weighted by atomic mass is 16.5. The molecular weight excluding hydrogens is 316 g/mol. The van der Waals surface area contributed by atoms with Gasteiger partial charge in [-0.15, -0.1) is 0 Å². The fourth-order valence-corrected chi connectivity index (χ4v) is 3.27. The number of aliphatic hydroxyl groups excluding tert-OH is 1. The molecule has 0 unspecified atom stereocenters. The SMILES string of the molecule is CCCCC[C@H](O)/C=C/[C@H]1CCC(=O)[C@@H]1C/C=C\CCCC(=O)OC. The van der Waals surface area contributed by atoms with Crippen LogP contribution in [0.1, 0.15) is 71.1 Å². The van der Waals surface area contributed by atoms with Gasteiger partial charge in [-0.1, -0.05) is 50.5 Å². The number of unbranched alkanes of at least 4 members (excludes halogenated alkanes) is 3. The van der Waals surface area contributed by atoms with Crippen LogP contribution in [0.2, 0.25) is 0 Å². The van der Waals surface area contributed by atoms with Crippen LogP contribution < -0.4 is 0 Å². The lowest BCUT2D eigenvalue weighted by molar-refractivity contribution is -0.140. The molecule has 1 aliphatic rings. The zero-order valence-electron chi connectivity index (χ0n) is 15.8. The quantitative estimate of drug-likeness (QED) is 0.322. The van der Waals surface area contributed by atoms with Crippen LogP contribution in [0.4, 0.5) is 0 Å². The van der Waals surface area contributed by atoms with Crippen LogP contribution >= 0.6 is 0 Å². The van der Waals surface area contributed by atoms with E-state index in [4.69, 9.17) is 0 Å². The smallest absolute Gasteiger partial charge is 0.305 e. The number of Topliss-reactive ketones (excluding diaryl/α,β-unsaturated/α-hetero) is 1. The van der Waals surface area contributed by atoms with Crippen molar-refractivity contribution < 1.29 is 19.4 Å². The molecule has 0 spiro atoms. The maximum absolute atomic E-state index is 12.1. The molecule has 4 nitrogen and oxygen atoms in total. The van der Waals surface area contributed by atoms with E-state index in [1.54, 1.807) is 0 Å². The molecule has 3 atom stereocenters. The number of carbonyl (C=O) groups is 2. The van der Waals surface area contributed by atoms with Crippen LogP contribution in [0.25, 0.3) is 0 Å². The molecule has 0 bridgehead atoms. The Hall–Kier alpha value is -1.42. The maximum atomic E-state index is 12.1. The van der Waals surface area contributed by atoms with Gasteiger partial charge in [0.25, 0.3) is 0 Å². The number of ether oxygens (including phenoxy) is 1. The second-order valence-electron chi connectivity index (χ2n) is 6.90. The van der Waals surface area contributed by atoms with Crippen molar-refractivity contribution in [3.63, 3.8) is 0 Å². The first-order valence-corrected chi connectivity index (χ1v) is 9.69. The molecule has 25 heavy (non-hydrogen) atoms. The predicted molar refractivity (Wildman–Crippen MR) is 100 cm³/mol. The summed E-state index contributed by atoms with van der Waals surface area (Å²) < 4.78 is 4.61. The summed E-state index contributed by atoms with van der Waals surface area (Å²) in [6.45, 7) is 2.15. The van der Waals surface area contributed by atoms with Crippen molar-refractivity contribution in [1.82, 2.24) is 0 Å². The van der Waals surface area contributed by atoms with Gasteiger partial charge in [-0.2, -0.15) is 0 Å². The minimum atomic E-state index is -0.392. The fraction of sp³-hybridized carbons (Fsp3) is 0.714. The predicted octanol–water partition coefficient (Wildman–Crippen LogP) is 4.37. The summed E-state index contributed by atoms with van der Waals surface area (Å²) >= 11 is 0. The largest absolute Gasteiger partial charge is 0.469 e. The van der Waals surface area contributed by atoms with E-state index >= 15 is 0 Å². The molecule has 1 N–H and O–H groups in total. The normalized spacial score (nSPS) is 22.1. The number of aliphatic hydroxyl groups is 1. The topological polar surface area (TPSA) is 63.6 Å². The van der Waals surface area contributed by atoms with Crippen LogP contribution in [0, 0.1) is 11.8 Å². The average molecular weight is 350 g/mol. The van der Waals surface area contributed by atoms with Crippen molar-refractivity contribution in [3.8, 4) is 0 Å². The maximum Gasteiger partial charge on any atom is 0.305 e. The Morgan fingerprint density at radius 3 is 2.84 bits per heavy atom. The number of allylic oxidation sites excluding steroid dienone is 3. The molecule has 0 heterocycles. The van der Waals surface area contributed by atoms with E-state index < -0.39 is 6.10 Å². The Morgan fingerprint density at radius 1 is 1.32 bits per heavy atom. The summed E-state index contributed by atoms with van der Waals surface area (Å²) in [7, 11) is 1.40. The van der Waals surface area contributed by atoms with E-state index in [-0.39, 0.29) is 17.8 Å². The number of hydrogen-bond acceptors (Lipinski definition) is 4. The number of ketones is 1. The molecule has 0 amide bonds. The molecule has 1 saturated carbocycles. The molecule has 4 heteroatoms. The number of rotatable bonds is 12. The first-order chi connectivity index (χ1) is 12.1. The first kappa shape index (κ1) is 21.6. The van der Waals surface area contributed by atoms with Crippen molar-refractivity contribution in [2.45, 2.75) is 77.2 Å². The van der Waals surface area contributed by atoms with E-state index in [1.807, 2.05) is 6.08 Å². The van der Waals surface area contributed by atoms with Crippen molar-refractivity contribution in [2.24, 2.45) is 11.8 Å². The van der Waals surface area contributed by atoms with E-state index in [0.29, 0.717) is 18.6 Å². The molecule has 0 saturated heterocycles. The van der Waals surface area contributed by atoms with Crippen molar-refractivity contribution in [3.05, 3.63) is 24.3 Å². The van der Waals surface area contributed by atoms with E-state index in [9.17, 15) is 14.7 Å². The Kier molecular flexibility index (Phi) is 11.1. The van der Waals surface area contributed by atoms with Gasteiger partial charge < -0.3 is 9.84 Å². The third kappa shape index (κ3) is 9.01. The Bertz CT molecular complexity index is 453. The standard InChI is InChI=1S/C21H34O4/c1-3-4-7-10-18(22)15-13-17-14-16-20(23)19(17)11-8-5-6-9-12-21(24)25-2/h5,8,13,15,17-19,22H,3-4,6-7,9-12,14,16H2,1-2H3/b8-5-,15-13+/t17-,18-,19+/m0/s1. The zero-order chi connectivity index (χ0) is 18.5. The van der Waals surface area contributed by atoms with Crippen LogP contribution in [-0.2, 0) is 14.3 Å². The number of carbonyl (C=O) groups excluding carboxylic acids is 2. The lowest BCUT2D eigenvalue weighted by atomic mass is 9.91. The molecule has 0 aromatic rings. The van der Waals surface area contributed by atoms with Gasteiger partial charge in [0.2, 0.25) is 0 Å². The summed E-state index contributed by atoms with van der Waals surface area (Å²) in [6.07, 6.45) is 16.1. The Labute approximate surface area is 152 Å². The van der Waals surface area contributed by atoms with E-state index in [1.165, 1.54) is 7.11 Å². The Morgan fingerprint density at radius 2 is 2.12 bits per heavy atom. The van der Waals surface area contributed by atoms with Gasteiger partial charge in [0.1, 0.15) is 5.78 Å². The molecule has 0 aliphatic heterocycles. The number of hydrogen-bond donors (Lipinski definition) is 1. The van der Waals surface area contributed by atoms with Crippen LogP contribution in [0.3, 0.4) is 0 Å². The van der Waals surface area contributed by atoms with Crippen LogP contribution in [0.15, 0.2) is 24.3 Å². The average Bonchev–Trinajstić information content (AvgIpc) is 2.96. The molecule has 0 aromatic carbocycles. The van der Waals surface area contributed by atoms with Gasteiger partial charge >= 0.3 is 5.97 Å². The molecule has 1 rings (SSSR count). The van der Waals surface area contributed by atoms with Crippen LogP contribution in [0.5, 0.6) is 0 Å². The second-order valence-corrected chi connectivity index (χ2v) is 6.90. The van der Waals surface area contributed by atoms with Crippen molar-refractivity contribution in [1.29, 1.82) is 0 Å². The summed E-state index contributed by atoms with van der Waals surface area (Å²) in [5.74, 6) is 0.431. The lowest BCUT2D eigenvalue weighted by Crippen LogP contribution is -2.13. The van der Waals surface area contributed by atoms with Gasteiger partial charge in [-0.05, 0) is 38.0 Å². The third-order valence-electron chi connectivity index (χ3n) is 4.87. The van der Waals surface area contributed by atoms with E-state index in [2.05, 4.69) is 29.9 Å². The minimum absolute atomic E-state index is 0.0379. The van der Waals surface area contributed by atoms with Gasteiger partial charge in [-0.3, -0.25) is 9.59 Å². The third-order valence-corrected chi connectivity index (χ3v) is 4.87. The fourth-order valence-electron chi connectivity index (χ4n) is 3.27. The monoisotopic (exact) mass is 350 g/mol. The lowest BCUT2D eigenvalue weighted by Gasteiger charge is -2.13. The summed E-state index contributed by atoms with van der Waals surface area (Å²) in [6, 6.07) is 0. The molecule has 0 radical (unpaired) electrons.